The molecule has 2 aromatic carbocycles. The lowest BCUT2D eigenvalue weighted by atomic mass is 9.97. The molecule has 1 aromatic heterocycles. The number of nitro groups is 1. The summed E-state index contributed by atoms with van der Waals surface area (Å²) in [5.41, 5.74) is 2.24. The van der Waals surface area contributed by atoms with Crippen LogP contribution in [0.4, 0.5) is 5.69 Å². The van der Waals surface area contributed by atoms with E-state index in [1.807, 2.05) is 12.1 Å². The Morgan fingerprint density at radius 1 is 1.03 bits per heavy atom. The maximum Gasteiger partial charge on any atom is 0.270 e. The zero-order valence-corrected chi connectivity index (χ0v) is 18.1. The van der Waals surface area contributed by atoms with Crippen LogP contribution in [0.25, 0.3) is 11.0 Å². The molecule has 0 aliphatic carbocycles. The van der Waals surface area contributed by atoms with E-state index in [1.165, 1.54) is 25.0 Å². The van der Waals surface area contributed by atoms with Crippen LogP contribution in [0.15, 0.2) is 46.9 Å². The second kappa shape index (κ2) is 10.6. The Labute approximate surface area is 182 Å². The summed E-state index contributed by atoms with van der Waals surface area (Å²) in [7, 11) is 0. The normalized spacial score (nSPS) is 10.6. The van der Waals surface area contributed by atoms with Crippen molar-refractivity contribution in [1.82, 2.24) is 0 Å². The zero-order chi connectivity index (χ0) is 22.2. The summed E-state index contributed by atoms with van der Waals surface area (Å²) in [6.07, 6.45) is 6.76. The molecule has 0 atom stereocenters. The van der Waals surface area contributed by atoms with Gasteiger partial charge in [-0.3, -0.25) is 14.9 Å². The molecule has 31 heavy (non-hydrogen) atoms. The Bertz CT molecular complexity index is 1130. The van der Waals surface area contributed by atoms with Crippen LogP contribution in [-0.2, 0) is 6.42 Å². The second-order valence-corrected chi connectivity index (χ2v) is 7.61. The van der Waals surface area contributed by atoms with Gasteiger partial charge in [0.1, 0.15) is 11.3 Å². The number of nitro benzene ring substituents is 1. The van der Waals surface area contributed by atoms with Gasteiger partial charge in [0.15, 0.2) is 5.78 Å². The van der Waals surface area contributed by atoms with E-state index < -0.39 is 4.92 Å². The third-order valence-corrected chi connectivity index (χ3v) is 5.22. The molecular weight excluding hydrogens is 390 g/mol. The number of ketones is 1. The predicted octanol–water partition coefficient (Wildman–Crippen LogP) is 6.85. The Hall–Kier alpha value is -3.39. The van der Waals surface area contributed by atoms with Gasteiger partial charge in [-0.2, -0.15) is 0 Å². The van der Waals surface area contributed by atoms with Gasteiger partial charge in [0.2, 0.25) is 0 Å². The fourth-order valence-corrected chi connectivity index (χ4v) is 3.49. The zero-order valence-electron chi connectivity index (χ0n) is 18.1. The maximum atomic E-state index is 13.4. The standard InChI is InChI=1S/C26H27NO4/c1-3-5-7-8-9-10-19-12-14-20(15-13-19)26(28)25-22-18-21(27(29)30)16-17-23(22)31-24(25)11-6-4-2/h12-18H,3-8,11H2,1-2H3. The number of rotatable bonds is 9. The van der Waals surface area contributed by atoms with E-state index >= 15 is 0 Å². The molecule has 1 heterocycles. The lowest BCUT2D eigenvalue weighted by molar-refractivity contribution is -0.384. The van der Waals surface area contributed by atoms with Crippen LogP contribution in [0.2, 0.25) is 0 Å². The molecule has 3 aromatic rings. The molecule has 160 valence electrons. The number of carbonyl (C=O) groups is 1. The lowest BCUT2D eigenvalue weighted by Crippen LogP contribution is -2.04. The van der Waals surface area contributed by atoms with Gasteiger partial charge in [-0.25, -0.2) is 0 Å². The number of benzene rings is 2. The molecule has 0 saturated heterocycles. The molecular formula is C26H27NO4. The monoisotopic (exact) mass is 417 g/mol. The van der Waals surface area contributed by atoms with Crippen molar-refractivity contribution in [3.05, 3.63) is 75.0 Å². The van der Waals surface area contributed by atoms with E-state index in [4.69, 9.17) is 4.42 Å². The van der Waals surface area contributed by atoms with Gasteiger partial charge in [-0.05, 0) is 43.2 Å². The van der Waals surface area contributed by atoms with Gasteiger partial charge < -0.3 is 4.42 Å². The molecule has 0 aliphatic heterocycles. The molecule has 0 radical (unpaired) electrons. The summed E-state index contributed by atoms with van der Waals surface area (Å²) >= 11 is 0. The van der Waals surface area contributed by atoms with Gasteiger partial charge in [0.05, 0.1) is 10.5 Å². The number of fused-ring (bicyclic) bond motifs is 1. The highest BCUT2D eigenvalue weighted by molar-refractivity contribution is 6.17. The minimum atomic E-state index is -0.458. The topological polar surface area (TPSA) is 73.3 Å². The summed E-state index contributed by atoms with van der Waals surface area (Å²) in [5, 5.41) is 11.7. The van der Waals surface area contributed by atoms with Crippen molar-refractivity contribution in [2.24, 2.45) is 0 Å². The number of furan rings is 1. The second-order valence-electron chi connectivity index (χ2n) is 7.61. The Morgan fingerprint density at radius 3 is 2.45 bits per heavy atom. The van der Waals surface area contributed by atoms with E-state index in [2.05, 4.69) is 25.7 Å². The van der Waals surface area contributed by atoms with Crippen molar-refractivity contribution in [2.45, 2.75) is 58.8 Å². The van der Waals surface area contributed by atoms with Gasteiger partial charge >= 0.3 is 0 Å². The highest BCUT2D eigenvalue weighted by Crippen LogP contribution is 2.32. The minimum absolute atomic E-state index is 0.0573. The molecule has 5 heteroatoms. The first-order chi connectivity index (χ1) is 15.0. The van der Waals surface area contributed by atoms with Crippen molar-refractivity contribution in [3.8, 4) is 11.8 Å². The van der Waals surface area contributed by atoms with E-state index in [9.17, 15) is 14.9 Å². The molecule has 0 N–H and O–H groups in total. The largest absolute Gasteiger partial charge is 0.460 e. The molecule has 0 bridgehead atoms. The lowest BCUT2D eigenvalue weighted by Gasteiger charge is -2.03. The van der Waals surface area contributed by atoms with Crippen LogP contribution in [0.3, 0.4) is 0 Å². The average Bonchev–Trinajstić information content (AvgIpc) is 3.14. The maximum absolute atomic E-state index is 13.4. The number of hydrogen-bond acceptors (Lipinski definition) is 4. The first kappa shape index (κ1) is 22.3. The summed E-state index contributed by atoms with van der Waals surface area (Å²) in [4.78, 5) is 24.1. The first-order valence-electron chi connectivity index (χ1n) is 10.9. The number of aryl methyl sites for hydroxylation is 1. The van der Waals surface area contributed by atoms with E-state index in [-0.39, 0.29) is 11.5 Å². The van der Waals surface area contributed by atoms with Crippen LogP contribution < -0.4 is 0 Å². The summed E-state index contributed by atoms with van der Waals surface area (Å²) < 4.78 is 5.92. The summed E-state index contributed by atoms with van der Waals surface area (Å²) in [6.45, 7) is 4.23. The van der Waals surface area contributed by atoms with Crippen molar-refractivity contribution in [1.29, 1.82) is 0 Å². The van der Waals surface area contributed by atoms with Crippen LogP contribution >= 0.6 is 0 Å². The smallest absolute Gasteiger partial charge is 0.270 e. The Kier molecular flexibility index (Phi) is 7.61. The van der Waals surface area contributed by atoms with E-state index in [0.717, 1.165) is 31.2 Å². The van der Waals surface area contributed by atoms with Gasteiger partial charge in [-0.1, -0.05) is 45.0 Å². The molecule has 3 rings (SSSR count). The third-order valence-electron chi connectivity index (χ3n) is 5.22. The van der Waals surface area contributed by atoms with Gasteiger partial charge in [0, 0.05) is 41.5 Å². The van der Waals surface area contributed by atoms with Crippen LogP contribution in [0.5, 0.6) is 0 Å². The SMILES string of the molecule is CCCCCC#Cc1ccc(C(=O)c2c(CCCC)oc3ccc([N+](=O)[O-])cc23)cc1. The minimum Gasteiger partial charge on any atom is -0.460 e. The van der Waals surface area contributed by atoms with Crippen molar-refractivity contribution < 1.29 is 14.1 Å². The number of nitrogens with zero attached hydrogens (tertiary/aromatic N) is 1. The molecule has 0 spiro atoms. The van der Waals surface area contributed by atoms with Crippen molar-refractivity contribution >= 4 is 22.4 Å². The number of unbranched alkanes of at least 4 members (excludes halogenated alkanes) is 4. The fraction of sp³-hybridized carbons (Fsp3) is 0.346. The summed E-state index contributed by atoms with van der Waals surface area (Å²) in [6, 6.07) is 11.6. The number of carbonyl (C=O) groups excluding carboxylic acids is 1. The highest BCUT2D eigenvalue weighted by Gasteiger charge is 2.23. The molecule has 0 fully saturated rings. The average molecular weight is 418 g/mol. The van der Waals surface area contributed by atoms with Gasteiger partial charge in [-0.15, -0.1) is 0 Å². The molecule has 0 unspecified atom stereocenters. The highest BCUT2D eigenvalue weighted by atomic mass is 16.6. The molecule has 0 aliphatic rings. The van der Waals surface area contributed by atoms with Crippen molar-refractivity contribution in [2.75, 3.05) is 0 Å². The molecule has 0 saturated carbocycles. The quantitative estimate of drug-likeness (QED) is 0.125. The summed E-state index contributed by atoms with van der Waals surface area (Å²) in [5.74, 6) is 6.71. The Balaban J connectivity index is 1.93. The number of non-ortho nitro benzene ring substituents is 1. The first-order valence-corrected chi connectivity index (χ1v) is 10.9. The molecule has 5 nitrogen and oxygen atoms in total. The Morgan fingerprint density at radius 2 is 1.77 bits per heavy atom. The third kappa shape index (κ3) is 5.40. The predicted molar refractivity (Wildman–Crippen MR) is 122 cm³/mol. The van der Waals surface area contributed by atoms with E-state index in [1.54, 1.807) is 18.2 Å². The fourth-order valence-electron chi connectivity index (χ4n) is 3.49. The number of hydrogen-bond donors (Lipinski definition) is 0. The van der Waals surface area contributed by atoms with E-state index in [0.29, 0.717) is 34.3 Å². The van der Waals surface area contributed by atoms with Crippen LogP contribution in [-0.4, -0.2) is 10.7 Å². The van der Waals surface area contributed by atoms with Crippen LogP contribution in [0, 0.1) is 22.0 Å². The van der Waals surface area contributed by atoms with Crippen molar-refractivity contribution in [3.63, 3.8) is 0 Å². The van der Waals surface area contributed by atoms with Gasteiger partial charge in [0.25, 0.3) is 5.69 Å². The van der Waals surface area contributed by atoms with Crippen LogP contribution in [0.1, 0.15) is 79.6 Å². The molecule has 0 amide bonds.